The van der Waals surface area contributed by atoms with Crippen LogP contribution in [0, 0.1) is 6.92 Å². The number of aliphatic hydroxyl groups excluding tert-OH is 1. The quantitative estimate of drug-likeness (QED) is 0.654. The maximum atomic E-state index is 12.7. The summed E-state index contributed by atoms with van der Waals surface area (Å²) < 4.78 is 35.8. The van der Waals surface area contributed by atoms with Crippen molar-refractivity contribution in [3.63, 3.8) is 0 Å². The fraction of sp³-hybridized carbons (Fsp3) is 0.312. The average molecular weight is 378 g/mol. The number of aliphatic hydroxyl groups is 1. The predicted octanol–water partition coefficient (Wildman–Crippen LogP) is 1.14. The van der Waals surface area contributed by atoms with Crippen LogP contribution in [-0.2, 0) is 22.2 Å². The zero-order chi connectivity index (χ0) is 18.9. The smallest absolute Gasteiger partial charge is 0.227 e. The zero-order valence-corrected chi connectivity index (χ0v) is 15.3. The number of hydrogen-bond acceptors (Lipinski definition) is 8. The van der Waals surface area contributed by atoms with Crippen molar-refractivity contribution in [2.75, 3.05) is 14.2 Å². The van der Waals surface area contributed by atoms with Gasteiger partial charge in [0, 0.05) is 23.4 Å². The number of hydrogen-bond donors (Lipinski definition) is 2. The molecule has 0 aromatic carbocycles. The highest BCUT2D eigenvalue weighted by Gasteiger charge is 2.24. The van der Waals surface area contributed by atoms with Gasteiger partial charge in [-0.15, -0.1) is 0 Å². The minimum atomic E-state index is -3.79. The van der Waals surface area contributed by atoms with E-state index in [1.807, 2.05) is 0 Å². The second kappa shape index (κ2) is 6.89. The molecule has 0 saturated heterocycles. The van der Waals surface area contributed by atoms with Gasteiger partial charge in [-0.05, 0) is 13.0 Å². The van der Waals surface area contributed by atoms with Gasteiger partial charge < -0.3 is 19.6 Å². The Labute approximate surface area is 150 Å². The number of fused-ring (bicyclic) bond motifs is 1. The molecule has 0 bridgehead atoms. The van der Waals surface area contributed by atoms with E-state index in [0.717, 1.165) is 0 Å². The van der Waals surface area contributed by atoms with E-state index in [0.29, 0.717) is 34.0 Å². The molecule has 10 heteroatoms. The minimum Gasteiger partial charge on any atom is -0.496 e. The first kappa shape index (κ1) is 18.1. The number of H-pyrrole nitrogens is 1. The Bertz CT molecular complexity index is 1060. The number of imidazole rings is 1. The topological polar surface area (TPSA) is 127 Å². The predicted molar refractivity (Wildman–Crippen MR) is 92.8 cm³/mol. The van der Waals surface area contributed by atoms with Crippen molar-refractivity contribution in [2.24, 2.45) is 0 Å². The fourth-order valence-electron chi connectivity index (χ4n) is 2.59. The van der Waals surface area contributed by atoms with Crippen molar-refractivity contribution in [3.8, 4) is 11.6 Å². The number of sulfone groups is 1. The van der Waals surface area contributed by atoms with Crippen LogP contribution in [0.5, 0.6) is 11.6 Å². The van der Waals surface area contributed by atoms with Gasteiger partial charge in [0.25, 0.3) is 0 Å². The van der Waals surface area contributed by atoms with Gasteiger partial charge in [0.1, 0.15) is 11.5 Å². The molecule has 0 fully saturated rings. The van der Waals surface area contributed by atoms with Crippen molar-refractivity contribution < 1.29 is 23.0 Å². The van der Waals surface area contributed by atoms with Crippen LogP contribution in [0.3, 0.4) is 0 Å². The molecule has 26 heavy (non-hydrogen) atoms. The van der Waals surface area contributed by atoms with Gasteiger partial charge in [0.15, 0.2) is 5.65 Å². The molecule has 3 rings (SSSR count). The van der Waals surface area contributed by atoms with Gasteiger partial charge in [-0.1, -0.05) is 0 Å². The molecule has 2 N–H and O–H groups in total. The highest BCUT2D eigenvalue weighted by atomic mass is 32.2. The lowest BCUT2D eigenvalue weighted by Gasteiger charge is -2.12. The lowest BCUT2D eigenvalue weighted by atomic mass is 10.1. The molecule has 0 aliphatic carbocycles. The Hall–Kier alpha value is -2.72. The molecule has 0 aliphatic rings. The molecule has 0 aliphatic heterocycles. The van der Waals surface area contributed by atoms with Crippen LogP contribution in [0.15, 0.2) is 23.5 Å². The third-order valence-corrected chi connectivity index (χ3v) is 5.38. The van der Waals surface area contributed by atoms with E-state index in [9.17, 15) is 13.5 Å². The second-order valence-corrected chi connectivity index (χ2v) is 7.48. The summed E-state index contributed by atoms with van der Waals surface area (Å²) in [4.78, 5) is 15.1. The van der Waals surface area contributed by atoms with Crippen LogP contribution in [-0.4, -0.2) is 47.7 Å². The number of aromatic amines is 1. The lowest BCUT2D eigenvalue weighted by Crippen LogP contribution is -2.11. The number of methoxy groups -OCH3 is 2. The first-order valence-corrected chi connectivity index (χ1v) is 9.30. The van der Waals surface area contributed by atoms with E-state index in [1.54, 1.807) is 19.1 Å². The Morgan fingerprint density at radius 2 is 1.96 bits per heavy atom. The van der Waals surface area contributed by atoms with Crippen LogP contribution >= 0.6 is 0 Å². The zero-order valence-electron chi connectivity index (χ0n) is 14.5. The SMILES string of the molecule is COc1ccc2[nH]c(S(=O)(=O)Cc3ncc(CO)c(OC)c3C)nc2n1. The van der Waals surface area contributed by atoms with Crippen LogP contribution in [0.1, 0.15) is 16.8 Å². The summed E-state index contributed by atoms with van der Waals surface area (Å²) in [6, 6.07) is 3.26. The average Bonchev–Trinajstić information content (AvgIpc) is 3.07. The normalized spacial score (nSPS) is 11.7. The number of ether oxygens (including phenoxy) is 2. The highest BCUT2D eigenvalue weighted by Crippen LogP contribution is 2.27. The molecular formula is C16H18N4O5S. The summed E-state index contributed by atoms with van der Waals surface area (Å²) in [6.07, 6.45) is 1.40. The molecular weight excluding hydrogens is 360 g/mol. The molecule has 9 nitrogen and oxygen atoms in total. The lowest BCUT2D eigenvalue weighted by molar-refractivity contribution is 0.272. The number of rotatable bonds is 6. The largest absolute Gasteiger partial charge is 0.496 e. The van der Waals surface area contributed by atoms with Gasteiger partial charge in [-0.3, -0.25) is 4.98 Å². The first-order chi connectivity index (χ1) is 12.4. The molecule has 3 heterocycles. The molecule has 138 valence electrons. The maximum Gasteiger partial charge on any atom is 0.227 e. The third kappa shape index (κ3) is 3.20. The van der Waals surface area contributed by atoms with E-state index in [-0.39, 0.29) is 23.2 Å². The Morgan fingerprint density at radius 3 is 2.62 bits per heavy atom. The third-order valence-electron chi connectivity index (χ3n) is 3.94. The number of pyridine rings is 2. The Balaban J connectivity index is 1.99. The van der Waals surface area contributed by atoms with Crippen LogP contribution in [0.4, 0.5) is 0 Å². The maximum absolute atomic E-state index is 12.7. The van der Waals surface area contributed by atoms with Crippen molar-refractivity contribution in [2.45, 2.75) is 24.4 Å². The van der Waals surface area contributed by atoms with E-state index in [4.69, 9.17) is 9.47 Å². The Morgan fingerprint density at radius 1 is 1.19 bits per heavy atom. The number of nitrogens with zero attached hydrogens (tertiary/aromatic N) is 3. The van der Waals surface area contributed by atoms with Crippen LogP contribution in [0.25, 0.3) is 11.2 Å². The molecule has 0 spiro atoms. The molecule has 0 unspecified atom stereocenters. The summed E-state index contributed by atoms with van der Waals surface area (Å²) >= 11 is 0. The standard InChI is InChI=1S/C16H18N4O5S/c1-9-12(17-6-10(7-21)14(9)25-3)8-26(22,23)16-18-11-4-5-13(24-2)19-15(11)20-16/h4-6,21H,7-8H2,1-3H3,(H,18,19,20). The molecule has 0 atom stereocenters. The summed E-state index contributed by atoms with van der Waals surface area (Å²) in [5, 5.41) is 9.13. The Kier molecular flexibility index (Phi) is 4.79. The number of nitrogens with one attached hydrogen (secondary N) is 1. The van der Waals surface area contributed by atoms with Gasteiger partial charge in [0.2, 0.25) is 20.9 Å². The number of aromatic nitrogens is 4. The molecule has 3 aromatic rings. The molecule has 0 radical (unpaired) electrons. The van der Waals surface area contributed by atoms with Crippen molar-refractivity contribution >= 4 is 21.0 Å². The van der Waals surface area contributed by atoms with Crippen LogP contribution in [0.2, 0.25) is 0 Å². The van der Waals surface area contributed by atoms with E-state index >= 15 is 0 Å². The summed E-state index contributed by atoms with van der Waals surface area (Å²) in [5.41, 5.74) is 2.11. The summed E-state index contributed by atoms with van der Waals surface area (Å²) in [7, 11) is -0.865. The van der Waals surface area contributed by atoms with Gasteiger partial charge in [-0.25, -0.2) is 8.42 Å². The molecule has 0 amide bonds. The van der Waals surface area contributed by atoms with Crippen molar-refractivity contribution in [1.29, 1.82) is 0 Å². The fourth-order valence-corrected chi connectivity index (χ4v) is 3.87. The van der Waals surface area contributed by atoms with Gasteiger partial charge >= 0.3 is 0 Å². The van der Waals surface area contributed by atoms with Crippen molar-refractivity contribution in [1.82, 2.24) is 19.9 Å². The van der Waals surface area contributed by atoms with Gasteiger partial charge in [0.05, 0.1) is 32.0 Å². The highest BCUT2D eigenvalue weighted by molar-refractivity contribution is 7.90. The molecule has 0 saturated carbocycles. The minimum absolute atomic E-state index is 0.195. The van der Waals surface area contributed by atoms with E-state index in [2.05, 4.69) is 19.9 Å². The summed E-state index contributed by atoms with van der Waals surface area (Å²) in [6.45, 7) is 1.45. The van der Waals surface area contributed by atoms with Gasteiger partial charge in [-0.2, -0.15) is 9.97 Å². The second-order valence-electron chi connectivity index (χ2n) is 5.57. The van der Waals surface area contributed by atoms with E-state index < -0.39 is 9.84 Å². The van der Waals surface area contributed by atoms with Crippen LogP contribution < -0.4 is 9.47 Å². The van der Waals surface area contributed by atoms with E-state index in [1.165, 1.54) is 20.4 Å². The van der Waals surface area contributed by atoms with Crippen molar-refractivity contribution in [3.05, 3.63) is 35.2 Å². The first-order valence-electron chi connectivity index (χ1n) is 7.65. The summed E-state index contributed by atoms with van der Waals surface area (Å²) in [5.74, 6) is 0.399. The molecule has 3 aromatic heterocycles. The monoisotopic (exact) mass is 378 g/mol.